The normalized spacial score (nSPS) is 12.8. The highest BCUT2D eigenvalue weighted by molar-refractivity contribution is 5.76. The number of carbonyl (C=O) groups excluding carboxylic acids is 2. The summed E-state index contributed by atoms with van der Waals surface area (Å²) < 4.78 is 5.50. The molecular weight excluding hydrogens is 875 g/mol. The number of esters is 1. The van der Waals surface area contributed by atoms with Crippen LogP contribution in [0.25, 0.3) is 0 Å². The summed E-state index contributed by atoms with van der Waals surface area (Å²) >= 11 is 0. The number of aliphatic hydroxyl groups excluding tert-OH is 2. The highest BCUT2D eigenvalue weighted by Crippen LogP contribution is 2.18. The van der Waals surface area contributed by atoms with E-state index in [-0.39, 0.29) is 18.5 Å². The van der Waals surface area contributed by atoms with E-state index < -0.39 is 12.1 Å². The Balaban J connectivity index is 3.35. The Hall–Kier alpha value is -1.92. The molecule has 0 heterocycles. The average Bonchev–Trinajstić information content (AvgIpc) is 3.37. The molecule has 418 valence electrons. The van der Waals surface area contributed by atoms with E-state index in [1.807, 2.05) is 6.08 Å². The van der Waals surface area contributed by atoms with Crippen molar-refractivity contribution in [3.05, 3.63) is 36.5 Å². The number of unbranched alkanes of at least 4 members (excludes halogenated alkanes) is 44. The fourth-order valence-corrected chi connectivity index (χ4v) is 9.78. The Kier molecular flexibility index (Phi) is 59.0. The zero-order chi connectivity index (χ0) is 51.4. The molecule has 0 aliphatic rings. The van der Waals surface area contributed by atoms with E-state index in [1.165, 1.54) is 263 Å². The minimum absolute atomic E-state index is 0.00858. The van der Waals surface area contributed by atoms with Gasteiger partial charge in [0.2, 0.25) is 5.91 Å². The summed E-state index contributed by atoms with van der Waals surface area (Å²) in [5.74, 6) is -0.0583. The molecule has 0 saturated heterocycles. The number of allylic oxidation sites excluding steroid dienone is 5. The smallest absolute Gasteiger partial charge is 0.305 e. The third kappa shape index (κ3) is 57.2. The van der Waals surface area contributed by atoms with Crippen molar-refractivity contribution >= 4 is 11.9 Å². The molecule has 0 rings (SSSR count). The zero-order valence-corrected chi connectivity index (χ0v) is 47.7. The van der Waals surface area contributed by atoms with Crippen molar-refractivity contribution in [3.63, 3.8) is 0 Å². The van der Waals surface area contributed by atoms with E-state index in [9.17, 15) is 19.8 Å². The van der Waals surface area contributed by atoms with Crippen LogP contribution in [0.4, 0.5) is 0 Å². The van der Waals surface area contributed by atoms with Gasteiger partial charge < -0.3 is 20.3 Å². The molecule has 0 aromatic rings. The highest BCUT2D eigenvalue weighted by atomic mass is 16.5. The van der Waals surface area contributed by atoms with Gasteiger partial charge in [0.25, 0.3) is 0 Å². The van der Waals surface area contributed by atoms with Gasteiger partial charge in [-0.15, -0.1) is 0 Å². The van der Waals surface area contributed by atoms with E-state index in [2.05, 4.69) is 43.5 Å². The summed E-state index contributed by atoms with van der Waals surface area (Å²) in [5.41, 5.74) is 0. The van der Waals surface area contributed by atoms with E-state index in [4.69, 9.17) is 4.74 Å². The number of rotatable bonds is 59. The second-order valence-electron chi connectivity index (χ2n) is 21.7. The molecule has 0 saturated carbocycles. The van der Waals surface area contributed by atoms with Crippen molar-refractivity contribution in [2.75, 3.05) is 13.2 Å². The van der Waals surface area contributed by atoms with Crippen molar-refractivity contribution < 1.29 is 24.5 Å². The summed E-state index contributed by atoms with van der Waals surface area (Å²) in [5, 5.41) is 23.0. The first-order chi connectivity index (χ1) is 35.0. The first kappa shape index (κ1) is 69.1. The summed E-state index contributed by atoms with van der Waals surface area (Å²) in [6, 6.07) is -0.625. The maximum absolute atomic E-state index is 12.4. The number of carbonyl (C=O) groups is 2. The molecule has 0 radical (unpaired) electrons. The van der Waals surface area contributed by atoms with Gasteiger partial charge >= 0.3 is 5.97 Å². The summed E-state index contributed by atoms with van der Waals surface area (Å²) in [6.45, 7) is 4.89. The summed E-state index contributed by atoms with van der Waals surface area (Å²) in [4.78, 5) is 24.5. The highest BCUT2D eigenvalue weighted by Gasteiger charge is 2.18. The minimum atomic E-state index is -0.842. The SMILES string of the molecule is CCCCCC/C=C\C/C=C\CCCCCCCCCC(=O)OCCCCCCCCCCCCCCCCCCCCCCCCCCCC(=O)NC(CO)C(O)/C=C/CCCCCCCCCCC. The lowest BCUT2D eigenvalue weighted by Gasteiger charge is -2.20. The number of ether oxygens (including phenoxy) is 1. The van der Waals surface area contributed by atoms with E-state index in [0.717, 1.165) is 51.4 Å². The van der Waals surface area contributed by atoms with Crippen LogP contribution in [0, 0.1) is 0 Å². The maximum Gasteiger partial charge on any atom is 0.305 e. The maximum atomic E-state index is 12.4. The number of amides is 1. The monoisotopic (exact) mass is 998 g/mol. The van der Waals surface area contributed by atoms with Gasteiger partial charge in [0.1, 0.15) is 0 Å². The predicted molar refractivity (Wildman–Crippen MR) is 310 cm³/mol. The van der Waals surface area contributed by atoms with Gasteiger partial charge in [0.15, 0.2) is 0 Å². The molecule has 71 heavy (non-hydrogen) atoms. The van der Waals surface area contributed by atoms with Crippen molar-refractivity contribution in [1.82, 2.24) is 5.32 Å². The average molecular weight is 999 g/mol. The molecule has 0 aliphatic heterocycles. The first-order valence-electron chi connectivity index (χ1n) is 31.8. The molecule has 0 aliphatic carbocycles. The van der Waals surface area contributed by atoms with Crippen LogP contribution >= 0.6 is 0 Å². The third-order valence-electron chi connectivity index (χ3n) is 14.7. The number of hydrogen-bond acceptors (Lipinski definition) is 5. The van der Waals surface area contributed by atoms with Crippen molar-refractivity contribution in [3.8, 4) is 0 Å². The number of hydrogen-bond donors (Lipinski definition) is 3. The molecule has 1 amide bonds. The van der Waals surface area contributed by atoms with Crippen LogP contribution in [0.15, 0.2) is 36.5 Å². The molecule has 2 atom stereocenters. The van der Waals surface area contributed by atoms with Gasteiger partial charge in [-0.25, -0.2) is 0 Å². The van der Waals surface area contributed by atoms with Crippen LogP contribution in [0.5, 0.6) is 0 Å². The fraction of sp³-hybridized carbons (Fsp3) is 0.877. The van der Waals surface area contributed by atoms with Gasteiger partial charge in [-0.1, -0.05) is 301 Å². The molecule has 2 unspecified atom stereocenters. The fourth-order valence-electron chi connectivity index (χ4n) is 9.78. The molecule has 0 fully saturated rings. The van der Waals surface area contributed by atoms with Crippen LogP contribution < -0.4 is 5.32 Å². The van der Waals surface area contributed by atoms with Crippen LogP contribution in [0.2, 0.25) is 0 Å². The summed E-state index contributed by atoms with van der Waals surface area (Å²) in [7, 11) is 0. The van der Waals surface area contributed by atoms with Crippen LogP contribution in [0.3, 0.4) is 0 Å². The Morgan fingerprint density at radius 2 is 0.704 bits per heavy atom. The van der Waals surface area contributed by atoms with Gasteiger partial charge in [0.05, 0.1) is 25.4 Å². The van der Waals surface area contributed by atoms with E-state index >= 15 is 0 Å². The molecule has 0 aromatic heterocycles. The molecule has 0 aromatic carbocycles. The Bertz CT molecular complexity index is 1150. The van der Waals surface area contributed by atoms with E-state index in [1.54, 1.807) is 6.08 Å². The molecular formula is C65H123NO5. The van der Waals surface area contributed by atoms with Gasteiger partial charge in [-0.2, -0.15) is 0 Å². The number of aliphatic hydroxyl groups is 2. The van der Waals surface area contributed by atoms with Crippen LogP contribution in [-0.2, 0) is 14.3 Å². The predicted octanol–water partition coefficient (Wildman–Crippen LogP) is 20.0. The quantitative estimate of drug-likeness (QED) is 0.0321. The van der Waals surface area contributed by atoms with Gasteiger partial charge in [-0.05, 0) is 64.2 Å². The van der Waals surface area contributed by atoms with Crippen molar-refractivity contribution in [2.45, 2.75) is 353 Å². The Morgan fingerprint density at radius 3 is 1.08 bits per heavy atom. The molecule has 3 N–H and O–H groups in total. The van der Waals surface area contributed by atoms with Crippen LogP contribution in [-0.4, -0.2) is 47.4 Å². The van der Waals surface area contributed by atoms with Crippen LogP contribution in [0.1, 0.15) is 341 Å². The van der Waals surface area contributed by atoms with Crippen molar-refractivity contribution in [1.29, 1.82) is 0 Å². The second-order valence-corrected chi connectivity index (χ2v) is 21.7. The third-order valence-corrected chi connectivity index (χ3v) is 14.7. The molecule has 6 heteroatoms. The largest absolute Gasteiger partial charge is 0.466 e. The standard InChI is InChI=1S/C65H123NO5/c1-3-5-7-9-11-13-15-16-17-18-29-32-35-39-43-47-51-55-59-65(70)71-60-56-52-48-44-40-36-33-30-27-25-23-21-19-20-22-24-26-28-31-34-38-42-46-50-54-58-64(69)66-62(61-67)63(68)57-53-49-45-41-37-14-12-10-8-6-4-2/h13,15,17-18,53,57,62-63,67-68H,3-12,14,16,19-52,54-56,58-61H2,1-2H3,(H,66,69)/b15-13-,18-17-,57-53+. The van der Waals surface area contributed by atoms with E-state index in [0.29, 0.717) is 19.4 Å². The summed E-state index contributed by atoms with van der Waals surface area (Å²) in [6.07, 6.45) is 76.3. The van der Waals surface area contributed by atoms with Gasteiger partial charge in [-0.3, -0.25) is 9.59 Å². The zero-order valence-electron chi connectivity index (χ0n) is 47.7. The Morgan fingerprint density at radius 1 is 0.394 bits per heavy atom. The first-order valence-corrected chi connectivity index (χ1v) is 31.8. The molecule has 6 nitrogen and oxygen atoms in total. The lowest BCUT2D eigenvalue weighted by Crippen LogP contribution is -2.45. The lowest BCUT2D eigenvalue weighted by molar-refractivity contribution is -0.143. The molecule has 0 spiro atoms. The second kappa shape index (κ2) is 60.6. The number of nitrogens with one attached hydrogen (secondary N) is 1. The molecule has 0 bridgehead atoms. The van der Waals surface area contributed by atoms with Gasteiger partial charge in [0, 0.05) is 12.8 Å². The Labute approximate surface area is 443 Å². The lowest BCUT2D eigenvalue weighted by atomic mass is 10.0. The topological polar surface area (TPSA) is 95.9 Å². The van der Waals surface area contributed by atoms with Crippen molar-refractivity contribution in [2.24, 2.45) is 0 Å². The minimum Gasteiger partial charge on any atom is -0.466 e.